The molecule has 9 heteroatoms. The van der Waals surface area contributed by atoms with Crippen LogP contribution in [0.4, 0.5) is 14.5 Å². The first-order chi connectivity index (χ1) is 15.8. The van der Waals surface area contributed by atoms with E-state index >= 15 is 0 Å². The highest BCUT2D eigenvalue weighted by molar-refractivity contribution is 5.94. The number of halogens is 2. The monoisotopic (exact) mass is 454 g/mol. The van der Waals surface area contributed by atoms with E-state index in [2.05, 4.69) is 16.0 Å². The highest BCUT2D eigenvalue weighted by Gasteiger charge is 2.17. The summed E-state index contributed by atoms with van der Waals surface area (Å²) in [6, 6.07) is 13.7. The molecule has 2 aromatic carbocycles. The van der Waals surface area contributed by atoms with Crippen molar-refractivity contribution >= 4 is 17.5 Å². The fraction of sp³-hybridized carbons (Fsp3) is 0.208. The molecular formula is C24H24F2N4O3. The molecule has 0 bridgehead atoms. The minimum Gasteiger partial charge on any atom is -0.350 e. The third kappa shape index (κ3) is 6.11. The van der Waals surface area contributed by atoms with Gasteiger partial charge in [-0.1, -0.05) is 12.1 Å². The minimum absolute atomic E-state index is 0.0132. The summed E-state index contributed by atoms with van der Waals surface area (Å²) in [7, 11) is 1.62. The number of hydrogen-bond acceptors (Lipinski definition) is 4. The summed E-state index contributed by atoms with van der Waals surface area (Å²) in [6.45, 7) is 1.46. The molecule has 1 aromatic heterocycles. The second kappa shape index (κ2) is 10.6. The van der Waals surface area contributed by atoms with E-state index in [4.69, 9.17) is 0 Å². The summed E-state index contributed by atoms with van der Waals surface area (Å²) >= 11 is 0. The first-order valence-corrected chi connectivity index (χ1v) is 10.3. The number of carbonyl (C=O) groups is 2. The fourth-order valence-corrected chi connectivity index (χ4v) is 3.08. The largest absolute Gasteiger partial charge is 0.350 e. The lowest BCUT2D eigenvalue weighted by atomic mass is 10.1. The molecule has 0 saturated heterocycles. The van der Waals surface area contributed by atoms with Gasteiger partial charge in [0.2, 0.25) is 11.8 Å². The molecule has 0 aliphatic rings. The molecule has 0 aliphatic heterocycles. The average Bonchev–Trinajstić information content (AvgIpc) is 2.81. The first-order valence-electron chi connectivity index (χ1n) is 10.3. The number of pyridine rings is 1. The van der Waals surface area contributed by atoms with E-state index < -0.39 is 29.2 Å². The van der Waals surface area contributed by atoms with E-state index in [9.17, 15) is 23.2 Å². The van der Waals surface area contributed by atoms with Crippen LogP contribution >= 0.6 is 0 Å². The van der Waals surface area contributed by atoms with Gasteiger partial charge >= 0.3 is 0 Å². The standard InChI is InChI=1S/C24H24F2N4O3/c1-15(27-2)23(32)29-20-11-12-21(17-5-9-19(26)10-6-17)30(24(20)33)14-22(31)28-13-16-3-7-18(25)8-4-16/h3-12,15,27H,13-14H2,1-2H3,(H,28,31)(H,29,32). The highest BCUT2D eigenvalue weighted by atomic mass is 19.1. The van der Waals surface area contributed by atoms with Gasteiger partial charge in [0.15, 0.2) is 0 Å². The SMILES string of the molecule is CNC(C)C(=O)Nc1ccc(-c2ccc(F)cc2)n(CC(=O)NCc2ccc(F)cc2)c1=O. The van der Waals surface area contributed by atoms with Crippen LogP contribution in [0.5, 0.6) is 0 Å². The van der Waals surface area contributed by atoms with Gasteiger partial charge in [-0.2, -0.15) is 0 Å². The zero-order chi connectivity index (χ0) is 24.0. The lowest BCUT2D eigenvalue weighted by molar-refractivity contribution is -0.121. The van der Waals surface area contributed by atoms with Crippen LogP contribution in [-0.2, 0) is 22.7 Å². The molecule has 33 heavy (non-hydrogen) atoms. The Morgan fingerprint density at radius 1 is 0.939 bits per heavy atom. The number of carbonyl (C=O) groups excluding carboxylic acids is 2. The third-order valence-electron chi connectivity index (χ3n) is 5.10. The Morgan fingerprint density at radius 3 is 2.15 bits per heavy atom. The first kappa shape index (κ1) is 23.8. The lowest BCUT2D eigenvalue weighted by Gasteiger charge is -2.16. The summed E-state index contributed by atoms with van der Waals surface area (Å²) in [4.78, 5) is 38.0. The summed E-state index contributed by atoms with van der Waals surface area (Å²) in [5, 5.41) is 8.04. The molecule has 0 aliphatic carbocycles. The second-order valence-corrected chi connectivity index (χ2v) is 7.43. The van der Waals surface area contributed by atoms with Gasteiger partial charge in [-0.25, -0.2) is 8.78 Å². The van der Waals surface area contributed by atoms with Crippen molar-refractivity contribution in [2.24, 2.45) is 0 Å². The average molecular weight is 454 g/mol. The van der Waals surface area contributed by atoms with Gasteiger partial charge in [0.1, 0.15) is 23.9 Å². The number of anilines is 1. The maximum atomic E-state index is 13.4. The van der Waals surface area contributed by atoms with Crippen molar-refractivity contribution in [3.63, 3.8) is 0 Å². The van der Waals surface area contributed by atoms with Crippen LogP contribution in [0.1, 0.15) is 12.5 Å². The molecule has 3 N–H and O–H groups in total. The van der Waals surface area contributed by atoms with Gasteiger partial charge in [-0.3, -0.25) is 19.0 Å². The van der Waals surface area contributed by atoms with Gasteiger partial charge in [0.05, 0.1) is 11.7 Å². The van der Waals surface area contributed by atoms with E-state index in [0.717, 1.165) is 0 Å². The van der Waals surface area contributed by atoms with Crippen LogP contribution in [0.15, 0.2) is 65.5 Å². The van der Waals surface area contributed by atoms with Crippen LogP contribution in [0.25, 0.3) is 11.3 Å². The van der Waals surface area contributed by atoms with Crippen LogP contribution in [0.3, 0.4) is 0 Å². The number of nitrogens with one attached hydrogen (secondary N) is 3. The van der Waals surface area contributed by atoms with Gasteiger partial charge in [-0.05, 0) is 73.6 Å². The minimum atomic E-state index is -0.578. The van der Waals surface area contributed by atoms with Crippen molar-refractivity contribution in [3.8, 4) is 11.3 Å². The summed E-state index contributed by atoms with van der Waals surface area (Å²) in [6.07, 6.45) is 0. The van der Waals surface area contributed by atoms with Crippen molar-refractivity contribution in [1.29, 1.82) is 0 Å². The predicted octanol–water partition coefficient (Wildman–Crippen LogP) is 2.66. The Morgan fingerprint density at radius 2 is 1.55 bits per heavy atom. The van der Waals surface area contributed by atoms with Crippen molar-refractivity contribution in [1.82, 2.24) is 15.2 Å². The quantitative estimate of drug-likeness (QED) is 0.488. The third-order valence-corrected chi connectivity index (χ3v) is 5.10. The highest BCUT2D eigenvalue weighted by Crippen LogP contribution is 2.20. The molecular weight excluding hydrogens is 430 g/mol. The number of nitrogens with zero attached hydrogens (tertiary/aromatic N) is 1. The van der Waals surface area contributed by atoms with E-state index in [1.54, 1.807) is 32.2 Å². The number of benzene rings is 2. The van der Waals surface area contributed by atoms with E-state index in [1.807, 2.05) is 0 Å². The van der Waals surface area contributed by atoms with Crippen molar-refractivity contribution < 1.29 is 18.4 Å². The molecule has 3 aromatic rings. The van der Waals surface area contributed by atoms with E-state index in [0.29, 0.717) is 16.8 Å². The molecule has 0 radical (unpaired) electrons. The maximum absolute atomic E-state index is 13.4. The molecule has 0 saturated carbocycles. The zero-order valence-electron chi connectivity index (χ0n) is 18.2. The van der Waals surface area contributed by atoms with Crippen molar-refractivity contribution in [2.45, 2.75) is 26.1 Å². The lowest BCUT2D eigenvalue weighted by Crippen LogP contribution is -2.38. The second-order valence-electron chi connectivity index (χ2n) is 7.43. The number of likely N-dealkylation sites (N-methyl/N-ethyl adjacent to an activating group) is 1. The Hall–Kier alpha value is -3.85. The molecule has 172 valence electrons. The number of rotatable bonds is 8. The normalized spacial score (nSPS) is 11.6. The Bertz CT molecular complexity index is 1190. The van der Waals surface area contributed by atoms with Crippen LogP contribution in [-0.4, -0.2) is 29.5 Å². The van der Waals surface area contributed by atoms with Gasteiger partial charge in [-0.15, -0.1) is 0 Å². The molecule has 1 unspecified atom stereocenters. The fourth-order valence-electron chi connectivity index (χ4n) is 3.08. The van der Waals surface area contributed by atoms with Crippen LogP contribution < -0.4 is 21.5 Å². The Kier molecular flexibility index (Phi) is 7.68. The molecule has 1 heterocycles. The van der Waals surface area contributed by atoms with Crippen LogP contribution in [0.2, 0.25) is 0 Å². The molecule has 3 rings (SSSR count). The topological polar surface area (TPSA) is 92.2 Å². The summed E-state index contributed by atoms with van der Waals surface area (Å²) < 4.78 is 27.7. The molecule has 7 nitrogen and oxygen atoms in total. The molecule has 0 fully saturated rings. The molecule has 1 atom stereocenters. The van der Waals surface area contributed by atoms with Gasteiger partial charge < -0.3 is 16.0 Å². The molecule has 2 amide bonds. The predicted molar refractivity (Wildman–Crippen MR) is 121 cm³/mol. The van der Waals surface area contributed by atoms with Crippen molar-refractivity contribution in [3.05, 3.63) is 88.2 Å². The Labute approximate surface area is 189 Å². The van der Waals surface area contributed by atoms with Crippen LogP contribution in [0, 0.1) is 11.6 Å². The molecule has 0 spiro atoms. The number of aromatic nitrogens is 1. The maximum Gasteiger partial charge on any atom is 0.275 e. The van der Waals surface area contributed by atoms with Crippen molar-refractivity contribution in [2.75, 3.05) is 12.4 Å². The van der Waals surface area contributed by atoms with Gasteiger partial charge in [0, 0.05) is 6.54 Å². The van der Waals surface area contributed by atoms with Gasteiger partial charge in [0.25, 0.3) is 5.56 Å². The Balaban J connectivity index is 1.89. The van der Waals surface area contributed by atoms with E-state index in [1.165, 1.54) is 47.0 Å². The smallest absolute Gasteiger partial charge is 0.275 e. The summed E-state index contributed by atoms with van der Waals surface area (Å²) in [5.41, 5.74) is 1.04. The number of amides is 2. The van der Waals surface area contributed by atoms with E-state index in [-0.39, 0.29) is 24.6 Å². The summed E-state index contributed by atoms with van der Waals surface area (Å²) in [5.74, 6) is -1.69. The number of hydrogen-bond donors (Lipinski definition) is 3. The zero-order valence-corrected chi connectivity index (χ0v) is 18.2.